The zero-order valence-corrected chi connectivity index (χ0v) is 12.8. The summed E-state index contributed by atoms with van der Waals surface area (Å²) in [4.78, 5) is 0.0842. The molecule has 0 amide bonds. The van der Waals surface area contributed by atoms with Gasteiger partial charge >= 0.3 is 0 Å². The lowest BCUT2D eigenvalue weighted by atomic mass is 10.0. The Morgan fingerprint density at radius 3 is 2.62 bits per heavy atom. The number of fused-ring (bicyclic) bond motifs is 1. The summed E-state index contributed by atoms with van der Waals surface area (Å²) in [7, 11) is 0. The second kappa shape index (κ2) is 6.38. The van der Waals surface area contributed by atoms with E-state index in [0.29, 0.717) is 5.75 Å². The zero-order chi connectivity index (χ0) is 15.4. The Kier molecular flexibility index (Phi) is 4.56. The Hall–Kier alpha value is -2.38. The van der Waals surface area contributed by atoms with Crippen LogP contribution in [0.3, 0.4) is 0 Å². The van der Waals surface area contributed by atoms with E-state index in [-0.39, 0.29) is 16.7 Å². The summed E-state index contributed by atoms with van der Waals surface area (Å²) in [6.45, 7) is 3.92. The van der Waals surface area contributed by atoms with Crippen LogP contribution in [0.5, 0.6) is 5.75 Å². The molecule has 0 saturated carbocycles. The summed E-state index contributed by atoms with van der Waals surface area (Å²) < 4.78 is 5.84. The van der Waals surface area contributed by atoms with Gasteiger partial charge < -0.3 is 10.5 Å². The Labute approximate surface area is 129 Å². The van der Waals surface area contributed by atoms with Crippen LogP contribution in [0, 0.1) is 11.3 Å². The molecule has 0 aliphatic carbocycles. The smallest absolute Gasteiger partial charge is 0.127 e. The van der Waals surface area contributed by atoms with Crippen LogP contribution < -0.4 is 10.5 Å². The molecular weight excluding hydrogens is 280 g/mol. The van der Waals surface area contributed by atoms with Crippen LogP contribution in [-0.2, 0) is 0 Å². The Bertz CT molecular complexity index is 757. The number of hydrogen-bond acceptors (Lipinski definition) is 3. The highest BCUT2D eigenvalue weighted by Crippen LogP contribution is 2.31. The molecule has 0 aliphatic rings. The molecule has 0 atom stereocenters. The van der Waals surface area contributed by atoms with Gasteiger partial charge in [-0.3, -0.25) is 0 Å². The molecule has 0 bridgehead atoms. The monoisotopic (exact) mass is 296 g/mol. The van der Waals surface area contributed by atoms with Gasteiger partial charge in [0.1, 0.15) is 16.8 Å². The third-order valence-electron chi connectivity index (χ3n) is 2.97. The summed E-state index contributed by atoms with van der Waals surface area (Å²) in [6, 6.07) is 13.9. The number of benzene rings is 2. The van der Waals surface area contributed by atoms with Gasteiger partial charge in [0.25, 0.3) is 0 Å². The highest BCUT2D eigenvalue weighted by Gasteiger charge is 2.10. The average molecular weight is 296 g/mol. The first-order valence-corrected chi connectivity index (χ1v) is 7.03. The standard InChI is InChI=1S/C17H16N2OS/c1-11(2)20-16-8-7-12-5-3-4-6-14(12)15(16)9-13(10-18)17(19)21/h3-9,11H,1-2H3,(H2,19,21)/b13-9+. The minimum atomic E-state index is 0.0358. The molecular formula is C17H16N2OS. The van der Waals surface area contributed by atoms with E-state index in [0.717, 1.165) is 16.3 Å². The zero-order valence-electron chi connectivity index (χ0n) is 12.0. The predicted octanol–water partition coefficient (Wildman–Crippen LogP) is 3.82. The summed E-state index contributed by atoms with van der Waals surface area (Å²) in [5, 5.41) is 11.2. The summed E-state index contributed by atoms with van der Waals surface area (Å²) in [5.41, 5.74) is 6.69. The maximum atomic E-state index is 9.18. The molecule has 0 spiro atoms. The van der Waals surface area contributed by atoms with Crippen LogP contribution in [0.15, 0.2) is 42.0 Å². The Morgan fingerprint density at radius 2 is 2.00 bits per heavy atom. The molecule has 0 aliphatic heterocycles. The molecule has 0 saturated heterocycles. The van der Waals surface area contributed by atoms with E-state index in [1.54, 1.807) is 6.08 Å². The van der Waals surface area contributed by atoms with Crippen molar-refractivity contribution in [2.24, 2.45) is 5.73 Å². The van der Waals surface area contributed by atoms with Crippen molar-refractivity contribution in [1.29, 1.82) is 5.26 Å². The van der Waals surface area contributed by atoms with Crippen LogP contribution in [-0.4, -0.2) is 11.1 Å². The first-order chi connectivity index (χ1) is 10.0. The van der Waals surface area contributed by atoms with E-state index < -0.39 is 0 Å². The SMILES string of the molecule is CC(C)Oc1ccc2ccccc2c1/C=C(\C#N)C(N)=S. The normalized spacial score (nSPS) is 11.4. The summed E-state index contributed by atoms with van der Waals surface area (Å²) in [5.74, 6) is 0.715. The molecule has 2 rings (SSSR count). The van der Waals surface area contributed by atoms with Crippen molar-refractivity contribution >= 4 is 34.1 Å². The van der Waals surface area contributed by atoms with Gasteiger partial charge in [-0.2, -0.15) is 5.26 Å². The fourth-order valence-corrected chi connectivity index (χ4v) is 2.19. The minimum Gasteiger partial charge on any atom is -0.490 e. The van der Waals surface area contributed by atoms with E-state index >= 15 is 0 Å². The van der Waals surface area contributed by atoms with Crippen molar-refractivity contribution in [2.45, 2.75) is 20.0 Å². The number of hydrogen-bond donors (Lipinski definition) is 1. The molecule has 0 radical (unpaired) electrons. The largest absolute Gasteiger partial charge is 0.490 e. The van der Waals surface area contributed by atoms with Crippen molar-refractivity contribution < 1.29 is 4.74 Å². The molecule has 2 aromatic rings. The van der Waals surface area contributed by atoms with Crippen molar-refractivity contribution in [1.82, 2.24) is 0 Å². The number of ether oxygens (including phenoxy) is 1. The molecule has 106 valence electrons. The molecule has 0 unspecified atom stereocenters. The van der Waals surface area contributed by atoms with Crippen molar-refractivity contribution in [3.63, 3.8) is 0 Å². The maximum absolute atomic E-state index is 9.18. The summed E-state index contributed by atoms with van der Waals surface area (Å²) in [6.07, 6.45) is 1.73. The third-order valence-corrected chi connectivity index (χ3v) is 3.19. The molecule has 3 nitrogen and oxygen atoms in total. The average Bonchev–Trinajstić information content (AvgIpc) is 2.45. The number of rotatable bonds is 4. The van der Waals surface area contributed by atoms with Crippen molar-refractivity contribution in [2.75, 3.05) is 0 Å². The highest BCUT2D eigenvalue weighted by atomic mass is 32.1. The number of nitrogens with two attached hydrogens (primary N) is 1. The molecule has 2 aromatic carbocycles. The van der Waals surface area contributed by atoms with E-state index in [1.165, 1.54) is 0 Å². The molecule has 0 fully saturated rings. The van der Waals surface area contributed by atoms with E-state index in [2.05, 4.69) is 0 Å². The Balaban J connectivity index is 2.72. The van der Waals surface area contributed by atoms with Gasteiger partial charge in [0.05, 0.1) is 11.7 Å². The number of nitriles is 1. The fourth-order valence-electron chi connectivity index (χ4n) is 2.08. The third kappa shape index (κ3) is 3.39. The lowest BCUT2D eigenvalue weighted by molar-refractivity contribution is 0.242. The van der Waals surface area contributed by atoms with Crippen LogP contribution >= 0.6 is 12.2 Å². The van der Waals surface area contributed by atoms with Crippen LogP contribution in [0.2, 0.25) is 0 Å². The molecule has 4 heteroatoms. The van der Waals surface area contributed by atoms with Crippen LogP contribution in [0.25, 0.3) is 16.8 Å². The lowest BCUT2D eigenvalue weighted by Gasteiger charge is -2.15. The van der Waals surface area contributed by atoms with Gasteiger partial charge in [0.2, 0.25) is 0 Å². The molecule has 0 aromatic heterocycles. The predicted molar refractivity (Wildman–Crippen MR) is 90.1 cm³/mol. The van der Waals surface area contributed by atoms with Gasteiger partial charge in [-0.05, 0) is 36.8 Å². The Morgan fingerprint density at radius 1 is 1.29 bits per heavy atom. The highest BCUT2D eigenvalue weighted by molar-refractivity contribution is 7.80. The van der Waals surface area contributed by atoms with Crippen molar-refractivity contribution in [3.05, 3.63) is 47.5 Å². The topological polar surface area (TPSA) is 59.0 Å². The van der Waals surface area contributed by atoms with Gasteiger partial charge in [0.15, 0.2) is 0 Å². The molecule has 2 N–H and O–H groups in total. The molecule has 21 heavy (non-hydrogen) atoms. The first-order valence-electron chi connectivity index (χ1n) is 6.63. The number of nitrogens with zero attached hydrogens (tertiary/aromatic N) is 1. The van der Waals surface area contributed by atoms with Gasteiger partial charge in [-0.1, -0.05) is 42.5 Å². The van der Waals surface area contributed by atoms with E-state index in [9.17, 15) is 5.26 Å². The van der Waals surface area contributed by atoms with Gasteiger partial charge in [0, 0.05) is 5.56 Å². The van der Waals surface area contributed by atoms with E-state index in [4.69, 9.17) is 22.7 Å². The quantitative estimate of drug-likeness (QED) is 0.529. The second-order valence-electron chi connectivity index (χ2n) is 4.90. The van der Waals surface area contributed by atoms with Gasteiger partial charge in [-0.15, -0.1) is 0 Å². The van der Waals surface area contributed by atoms with Gasteiger partial charge in [-0.25, -0.2) is 0 Å². The van der Waals surface area contributed by atoms with E-state index in [1.807, 2.05) is 56.3 Å². The number of thiocarbonyl (C=S) groups is 1. The summed E-state index contributed by atoms with van der Waals surface area (Å²) >= 11 is 4.92. The second-order valence-corrected chi connectivity index (χ2v) is 5.34. The van der Waals surface area contributed by atoms with Crippen LogP contribution in [0.4, 0.5) is 0 Å². The van der Waals surface area contributed by atoms with Crippen molar-refractivity contribution in [3.8, 4) is 11.8 Å². The fraction of sp³-hybridized carbons (Fsp3) is 0.176. The van der Waals surface area contributed by atoms with Crippen LogP contribution in [0.1, 0.15) is 19.4 Å². The minimum absolute atomic E-state index is 0.0358. The lowest BCUT2D eigenvalue weighted by Crippen LogP contribution is -2.10. The molecule has 0 heterocycles. The maximum Gasteiger partial charge on any atom is 0.127 e. The first kappa shape index (κ1) is 15.0.